The molecule has 0 spiro atoms. The van der Waals surface area contributed by atoms with E-state index in [2.05, 4.69) is 15.2 Å². The molecular weight excluding hydrogens is 299 g/mol. The molecule has 0 radical (unpaired) electrons. The van der Waals surface area contributed by atoms with Gasteiger partial charge in [-0.15, -0.1) is 5.10 Å². The SMILES string of the molecule is O=C(O)c1cn(C2CN(Cc3ccc(Cl)c(F)c3)C2)nn1. The van der Waals surface area contributed by atoms with E-state index in [-0.39, 0.29) is 16.8 Å². The number of carboxylic acid groups (broad SMARTS) is 1. The van der Waals surface area contributed by atoms with E-state index in [0.29, 0.717) is 19.6 Å². The Bertz CT molecular complexity index is 685. The van der Waals surface area contributed by atoms with E-state index in [1.54, 1.807) is 16.8 Å². The van der Waals surface area contributed by atoms with Crippen LogP contribution >= 0.6 is 11.6 Å². The molecule has 0 atom stereocenters. The molecule has 1 aromatic heterocycles. The average Bonchev–Trinajstić information content (AvgIpc) is 2.87. The van der Waals surface area contributed by atoms with Gasteiger partial charge in [0, 0.05) is 19.6 Å². The third kappa shape index (κ3) is 2.88. The molecule has 21 heavy (non-hydrogen) atoms. The summed E-state index contributed by atoms with van der Waals surface area (Å²) in [7, 11) is 0. The van der Waals surface area contributed by atoms with Gasteiger partial charge in [-0.3, -0.25) is 4.90 Å². The highest BCUT2D eigenvalue weighted by atomic mass is 35.5. The number of hydrogen-bond donors (Lipinski definition) is 1. The summed E-state index contributed by atoms with van der Waals surface area (Å²) in [4.78, 5) is 12.8. The van der Waals surface area contributed by atoms with Crippen molar-refractivity contribution in [3.05, 3.63) is 46.5 Å². The predicted octanol–water partition coefficient (Wildman–Crippen LogP) is 1.83. The van der Waals surface area contributed by atoms with Gasteiger partial charge in [0.05, 0.1) is 17.3 Å². The molecule has 1 saturated heterocycles. The van der Waals surface area contributed by atoms with Crippen LogP contribution in [-0.4, -0.2) is 44.1 Å². The molecule has 1 aliphatic rings. The van der Waals surface area contributed by atoms with Crippen LogP contribution in [-0.2, 0) is 6.54 Å². The van der Waals surface area contributed by atoms with Crippen LogP contribution in [0.15, 0.2) is 24.4 Å². The Morgan fingerprint density at radius 2 is 2.24 bits per heavy atom. The zero-order chi connectivity index (χ0) is 15.0. The molecule has 1 aliphatic heterocycles. The summed E-state index contributed by atoms with van der Waals surface area (Å²) in [6.07, 6.45) is 1.42. The second-order valence-corrected chi connectivity index (χ2v) is 5.39. The molecule has 0 bridgehead atoms. The molecule has 2 heterocycles. The summed E-state index contributed by atoms with van der Waals surface area (Å²) in [5, 5.41) is 16.3. The first-order chi connectivity index (χ1) is 10.0. The number of carbonyl (C=O) groups is 1. The van der Waals surface area contributed by atoms with Gasteiger partial charge in [0.25, 0.3) is 0 Å². The average molecular weight is 311 g/mol. The third-order valence-corrected chi connectivity index (χ3v) is 3.74. The van der Waals surface area contributed by atoms with Crippen molar-refractivity contribution in [2.75, 3.05) is 13.1 Å². The molecule has 0 unspecified atom stereocenters. The van der Waals surface area contributed by atoms with E-state index in [0.717, 1.165) is 5.56 Å². The van der Waals surface area contributed by atoms with Crippen LogP contribution < -0.4 is 0 Å². The maximum atomic E-state index is 13.3. The fraction of sp³-hybridized carbons (Fsp3) is 0.308. The number of carboxylic acids is 1. The Balaban J connectivity index is 1.57. The molecule has 1 N–H and O–H groups in total. The highest BCUT2D eigenvalue weighted by molar-refractivity contribution is 6.30. The minimum Gasteiger partial charge on any atom is -0.476 e. The predicted molar refractivity (Wildman–Crippen MR) is 72.7 cm³/mol. The summed E-state index contributed by atoms with van der Waals surface area (Å²) < 4.78 is 14.9. The number of aromatic nitrogens is 3. The fourth-order valence-electron chi connectivity index (χ4n) is 2.29. The van der Waals surface area contributed by atoms with Crippen LogP contribution in [0.4, 0.5) is 4.39 Å². The van der Waals surface area contributed by atoms with Crippen molar-refractivity contribution in [3.63, 3.8) is 0 Å². The lowest BCUT2D eigenvalue weighted by Crippen LogP contribution is -2.47. The van der Waals surface area contributed by atoms with Gasteiger partial charge in [-0.05, 0) is 17.7 Å². The quantitative estimate of drug-likeness (QED) is 0.933. The lowest BCUT2D eigenvalue weighted by Gasteiger charge is -2.38. The maximum Gasteiger partial charge on any atom is 0.358 e. The van der Waals surface area contributed by atoms with Gasteiger partial charge in [-0.1, -0.05) is 22.9 Å². The summed E-state index contributed by atoms with van der Waals surface area (Å²) >= 11 is 5.64. The molecule has 1 aromatic carbocycles. The Morgan fingerprint density at radius 3 is 2.86 bits per heavy atom. The first kappa shape index (κ1) is 14.0. The van der Waals surface area contributed by atoms with Crippen LogP contribution in [0, 0.1) is 5.82 Å². The molecule has 2 aromatic rings. The zero-order valence-electron chi connectivity index (χ0n) is 10.9. The topological polar surface area (TPSA) is 71.2 Å². The van der Waals surface area contributed by atoms with Crippen molar-refractivity contribution in [1.29, 1.82) is 0 Å². The number of nitrogens with zero attached hydrogens (tertiary/aromatic N) is 4. The van der Waals surface area contributed by atoms with Crippen molar-refractivity contribution < 1.29 is 14.3 Å². The molecule has 3 rings (SSSR count). The summed E-state index contributed by atoms with van der Waals surface area (Å²) in [5.74, 6) is -1.51. The molecular formula is C13H12ClFN4O2. The van der Waals surface area contributed by atoms with Gasteiger partial charge in [0.2, 0.25) is 0 Å². The maximum absolute atomic E-state index is 13.3. The number of halogens is 2. The third-order valence-electron chi connectivity index (χ3n) is 3.43. The second-order valence-electron chi connectivity index (χ2n) is 4.99. The molecule has 110 valence electrons. The second kappa shape index (κ2) is 5.42. The Morgan fingerprint density at radius 1 is 1.48 bits per heavy atom. The van der Waals surface area contributed by atoms with Gasteiger partial charge < -0.3 is 5.11 Å². The molecule has 1 fully saturated rings. The van der Waals surface area contributed by atoms with E-state index in [1.165, 1.54) is 12.3 Å². The summed E-state index contributed by atoms with van der Waals surface area (Å²) in [6, 6.07) is 4.85. The van der Waals surface area contributed by atoms with Gasteiger partial charge >= 0.3 is 5.97 Å². The minimum absolute atomic E-state index is 0.0618. The Labute approximate surface area is 124 Å². The Kier molecular flexibility index (Phi) is 3.60. The smallest absolute Gasteiger partial charge is 0.358 e. The van der Waals surface area contributed by atoms with E-state index in [1.807, 2.05) is 0 Å². The van der Waals surface area contributed by atoms with Gasteiger partial charge in [0.15, 0.2) is 5.69 Å². The number of aromatic carboxylic acids is 1. The van der Waals surface area contributed by atoms with Gasteiger partial charge in [-0.2, -0.15) is 0 Å². The normalized spacial score (nSPS) is 15.9. The van der Waals surface area contributed by atoms with E-state index < -0.39 is 11.8 Å². The lowest BCUT2D eigenvalue weighted by atomic mass is 10.1. The largest absolute Gasteiger partial charge is 0.476 e. The van der Waals surface area contributed by atoms with Crippen LogP contribution in [0.3, 0.4) is 0 Å². The molecule has 0 amide bonds. The number of likely N-dealkylation sites (tertiary alicyclic amines) is 1. The summed E-state index contributed by atoms with van der Waals surface area (Å²) in [6.45, 7) is 2.05. The number of benzene rings is 1. The first-order valence-corrected chi connectivity index (χ1v) is 6.72. The molecule has 0 aliphatic carbocycles. The van der Waals surface area contributed by atoms with Crippen molar-refractivity contribution in [3.8, 4) is 0 Å². The van der Waals surface area contributed by atoms with E-state index in [4.69, 9.17) is 16.7 Å². The molecule has 6 nitrogen and oxygen atoms in total. The number of hydrogen-bond acceptors (Lipinski definition) is 4. The minimum atomic E-state index is -1.09. The van der Waals surface area contributed by atoms with E-state index >= 15 is 0 Å². The highest BCUT2D eigenvalue weighted by Gasteiger charge is 2.29. The van der Waals surface area contributed by atoms with E-state index in [9.17, 15) is 9.18 Å². The van der Waals surface area contributed by atoms with Crippen LogP contribution in [0.2, 0.25) is 5.02 Å². The van der Waals surface area contributed by atoms with Gasteiger partial charge in [-0.25, -0.2) is 13.9 Å². The number of rotatable bonds is 4. The van der Waals surface area contributed by atoms with Crippen molar-refractivity contribution in [2.45, 2.75) is 12.6 Å². The molecule has 8 heteroatoms. The Hall–Kier alpha value is -1.99. The summed E-state index contributed by atoms with van der Waals surface area (Å²) in [5.41, 5.74) is 0.786. The first-order valence-electron chi connectivity index (χ1n) is 6.34. The van der Waals surface area contributed by atoms with Crippen LogP contribution in [0.1, 0.15) is 22.1 Å². The lowest BCUT2D eigenvalue weighted by molar-refractivity contribution is 0.0690. The van der Waals surface area contributed by atoms with Gasteiger partial charge in [0.1, 0.15) is 5.82 Å². The fourth-order valence-corrected chi connectivity index (χ4v) is 2.41. The van der Waals surface area contributed by atoms with Crippen molar-refractivity contribution in [2.24, 2.45) is 0 Å². The van der Waals surface area contributed by atoms with Crippen LogP contribution in [0.5, 0.6) is 0 Å². The van der Waals surface area contributed by atoms with Crippen molar-refractivity contribution >= 4 is 17.6 Å². The standard InChI is InChI=1S/C13H12ClFN4O2/c14-10-2-1-8(3-11(10)15)4-18-5-9(6-18)19-7-12(13(20)21)16-17-19/h1-3,7,9H,4-6H2,(H,20,21). The monoisotopic (exact) mass is 310 g/mol. The highest BCUT2D eigenvalue weighted by Crippen LogP contribution is 2.24. The van der Waals surface area contributed by atoms with Crippen LogP contribution in [0.25, 0.3) is 0 Å². The molecule has 0 saturated carbocycles. The van der Waals surface area contributed by atoms with Crippen molar-refractivity contribution in [1.82, 2.24) is 19.9 Å². The zero-order valence-corrected chi connectivity index (χ0v) is 11.7.